The Morgan fingerprint density at radius 3 is 2.52 bits per heavy atom. The van der Waals surface area contributed by atoms with Crippen molar-refractivity contribution >= 4 is 43.5 Å². The Morgan fingerprint density at radius 1 is 1.19 bits per heavy atom. The average molecular weight is 416 g/mol. The zero-order valence-corrected chi connectivity index (χ0v) is 15.2. The van der Waals surface area contributed by atoms with Crippen molar-refractivity contribution in [1.29, 1.82) is 0 Å². The van der Waals surface area contributed by atoms with Crippen molar-refractivity contribution in [2.45, 2.75) is 19.9 Å². The summed E-state index contributed by atoms with van der Waals surface area (Å²) in [6, 6.07) is 7.46. The third kappa shape index (κ3) is 3.89. The van der Waals surface area contributed by atoms with Crippen LogP contribution >= 0.6 is 31.9 Å². The number of benzene rings is 1. The van der Waals surface area contributed by atoms with Gasteiger partial charge in [-0.05, 0) is 48.0 Å². The number of methoxy groups -OCH3 is 1. The van der Waals surface area contributed by atoms with Gasteiger partial charge in [-0.1, -0.05) is 15.9 Å². The maximum atomic E-state index is 12.5. The van der Waals surface area contributed by atoms with E-state index in [0.29, 0.717) is 17.1 Å². The molecule has 112 valence electrons. The third-order valence-electron chi connectivity index (χ3n) is 2.97. The van der Waals surface area contributed by atoms with Gasteiger partial charge in [0.1, 0.15) is 11.4 Å². The SMILES string of the molecule is COc1cc(Br)cc(NC(=O)c2cc(Br)cn2C(C)C)c1. The Morgan fingerprint density at radius 2 is 1.90 bits per heavy atom. The summed E-state index contributed by atoms with van der Waals surface area (Å²) in [5.74, 6) is 0.523. The van der Waals surface area contributed by atoms with E-state index in [4.69, 9.17) is 4.74 Å². The highest BCUT2D eigenvalue weighted by molar-refractivity contribution is 9.10. The molecule has 0 bridgehead atoms. The second kappa shape index (κ2) is 6.66. The number of aromatic nitrogens is 1. The summed E-state index contributed by atoms with van der Waals surface area (Å²) in [6.07, 6.45) is 1.90. The van der Waals surface area contributed by atoms with E-state index in [-0.39, 0.29) is 11.9 Å². The fraction of sp³-hybridized carbons (Fsp3) is 0.267. The number of hydrogen-bond acceptors (Lipinski definition) is 2. The predicted molar refractivity (Wildman–Crippen MR) is 91.2 cm³/mol. The van der Waals surface area contributed by atoms with E-state index in [1.54, 1.807) is 13.2 Å². The Labute approximate surface area is 140 Å². The topological polar surface area (TPSA) is 43.3 Å². The first-order chi connectivity index (χ1) is 9.90. The normalized spacial score (nSPS) is 10.8. The lowest BCUT2D eigenvalue weighted by Crippen LogP contribution is -2.17. The van der Waals surface area contributed by atoms with Gasteiger partial charge in [-0.15, -0.1) is 0 Å². The largest absolute Gasteiger partial charge is 0.497 e. The highest BCUT2D eigenvalue weighted by atomic mass is 79.9. The summed E-state index contributed by atoms with van der Waals surface area (Å²) in [6.45, 7) is 4.07. The number of amides is 1. The first kappa shape index (κ1) is 16.1. The van der Waals surface area contributed by atoms with Crippen LogP contribution in [0.3, 0.4) is 0 Å². The minimum Gasteiger partial charge on any atom is -0.497 e. The van der Waals surface area contributed by atoms with Crippen molar-refractivity contribution < 1.29 is 9.53 Å². The molecule has 21 heavy (non-hydrogen) atoms. The van der Waals surface area contributed by atoms with Gasteiger partial charge in [-0.25, -0.2) is 0 Å². The van der Waals surface area contributed by atoms with Crippen LogP contribution in [0, 0.1) is 0 Å². The summed E-state index contributed by atoms with van der Waals surface area (Å²) in [5, 5.41) is 2.89. The fourth-order valence-electron chi connectivity index (χ4n) is 2.00. The molecule has 1 aromatic carbocycles. The van der Waals surface area contributed by atoms with Gasteiger partial charge >= 0.3 is 0 Å². The second-order valence-electron chi connectivity index (χ2n) is 4.88. The molecule has 1 aromatic heterocycles. The van der Waals surface area contributed by atoms with Crippen LogP contribution < -0.4 is 10.1 Å². The lowest BCUT2D eigenvalue weighted by molar-refractivity contribution is 0.101. The molecule has 6 heteroatoms. The van der Waals surface area contributed by atoms with Crippen molar-refractivity contribution in [2.24, 2.45) is 0 Å². The molecule has 1 N–H and O–H groups in total. The maximum Gasteiger partial charge on any atom is 0.272 e. The van der Waals surface area contributed by atoms with E-state index in [9.17, 15) is 4.79 Å². The van der Waals surface area contributed by atoms with Crippen molar-refractivity contribution in [1.82, 2.24) is 4.57 Å². The van der Waals surface area contributed by atoms with E-state index >= 15 is 0 Å². The van der Waals surface area contributed by atoms with Gasteiger partial charge in [-0.3, -0.25) is 4.79 Å². The second-order valence-corrected chi connectivity index (χ2v) is 6.71. The Balaban J connectivity index is 2.28. The summed E-state index contributed by atoms with van der Waals surface area (Å²) >= 11 is 6.81. The van der Waals surface area contributed by atoms with Gasteiger partial charge in [0.15, 0.2) is 0 Å². The van der Waals surface area contributed by atoms with Crippen LogP contribution in [0.1, 0.15) is 30.4 Å². The number of hydrogen-bond donors (Lipinski definition) is 1. The van der Waals surface area contributed by atoms with E-state index in [1.165, 1.54) is 0 Å². The fourth-order valence-corrected chi connectivity index (χ4v) is 2.91. The van der Waals surface area contributed by atoms with Gasteiger partial charge < -0.3 is 14.6 Å². The molecular weight excluding hydrogens is 400 g/mol. The van der Waals surface area contributed by atoms with Gasteiger partial charge in [0.2, 0.25) is 0 Å². The summed E-state index contributed by atoms with van der Waals surface area (Å²) < 4.78 is 8.85. The Hall–Kier alpha value is -1.27. The molecule has 0 fully saturated rings. The van der Waals surface area contributed by atoms with Crippen LogP contribution in [-0.2, 0) is 0 Å². The van der Waals surface area contributed by atoms with Crippen LogP contribution in [0.25, 0.3) is 0 Å². The standard InChI is InChI=1S/C15H16Br2N2O2/c1-9(2)19-8-11(17)6-14(19)15(20)18-12-4-10(16)5-13(7-12)21-3/h4-9H,1-3H3,(H,18,20). The number of anilines is 1. The lowest BCUT2D eigenvalue weighted by Gasteiger charge is -2.13. The number of rotatable bonds is 4. The quantitative estimate of drug-likeness (QED) is 0.775. The molecule has 0 radical (unpaired) electrons. The summed E-state index contributed by atoms with van der Waals surface area (Å²) in [4.78, 5) is 12.5. The van der Waals surface area contributed by atoms with E-state index in [2.05, 4.69) is 37.2 Å². The van der Waals surface area contributed by atoms with Gasteiger partial charge in [0.05, 0.1) is 7.11 Å². The number of ether oxygens (including phenoxy) is 1. The van der Waals surface area contributed by atoms with Crippen LogP contribution in [0.4, 0.5) is 5.69 Å². The molecular formula is C15H16Br2N2O2. The molecule has 0 spiro atoms. The first-order valence-electron chi connectivity index (χ1n) is 6.44. The molecule has 0 unspecified atom stereocenters. The number of nitrogens with zero attached hydrogens (tertiary/aromatic N) is 1. The van der Waals surface area contributed by atoms with Crippen molar-refractivity contribution in [3.8, 4) is 5.75 Å². The number of carbonyl (C=O) groups excluding carboxylic acids is 1. The summed E-state index contributed by atoms with van der Waals surface area (Å²) in [7, 11) is 1.59. The van der Waals surface area contributed by atoms with E-state index < -0.39 is 0 Å². The molecule has 2 rings (SSSR count). The van der Waals surface area contributed by atoms with Crippen molar-refractivity contribution in [3.05, 3.63) is 45.1 Å². The molecule has 0 saturated carbocycles. The molecule has 0 atom stereocenters. The molecule has 1 heterocycles. The highest BCUT2D eigenvalue weighted by Crippen LogP contribution is 2.26. The Kier molecular flexibility index (Phi) is 5.11. The third-order valence-corrected chi connectivity index (χ3v) is 3.86. The number of carbonyl (C=O) groups is 1. The first-order valence-corrected chi connectivity index (χ1v) is 8.02. The van der Waals surface area contributed by atoms with Crippen LogP contribution in [0.15, 0.2) is 39.4 Å². The Bertz CT molecular complexity index is 666. The van der Waals surface area contributed by atoms with Crippen LogP contribution in [-0.4, -0.2) is 17.6 Å². The number of nitrogens with one attached hydrogen (secondary N) is 1. The lowest BCUT2D eigenvalue weighted by atomic mass is 10.2. The minimum absolute atomic E-state index is 0.158. The van der Waals surface area contributed by atoms with Gasteiger partial charge in [0.25, 0.3) is 5.91 Å². The molecule has 0 aliphatic rings. The highest BCUT2D eigenvalue weighted by Gasteiger charge is 2.15. The van der Waals surface area contributed by atoms with E-state index in [1.807, 2.05) is 42.8 Å². The van der Waals surface area contributed by atoms with Crippen molar-refractivity contribution in [2.75, 3.05) is 12.4 Å². The molecule has 0 aliphatic carbocycles. The minimum atomic E-state index is -0.158. The molecule has 2 aromatic rings. The monoisotopic (exact) mass is 414 g/mol. The smallest absolute Gasteiger partial charge is 0.272 e. The van der Waals surface area contributed by atoms with E-state index in [0.717, 1.165) is 8.95 Å². The molecule has 0 aliphatic heterocycles. The molecule has 0 saturated heterocycles. The maximum absolute atomic E-state index is 12.5. The zero-order valence-electron chi connectivity index (χ0n) is 12.0. The zero-order chi connectivity index (χ0) is 15.6. The average Bonchev–Trinajstić information content (AvgIpc) is 2.80. The van der Waals surface area contributed by atoms with Crippen molar-refractivity contribution in [3.63, 3.8) is 0 Å². The number of halogens is 2. The molecule has 4 nitrogen and oxygen atoms in total. The van der Waals surface area contributed by atoms with Gasteiger partial charge in [0, 0.05) is 32.9 Å². The van der Waals surface area contributed by atoms with Crippen LogP contribution in [0.5, 0.6) is 5.75 Å². The predicted octanol–water partition coefficient (Wildman–Crippen LogP) is 4.85. The summed E-state index contributed by atoms with van der Waals surface area (Å²) in [5.41, 5.74) is 1.29. The molecule has 1 amide bonds. The van der Waals surface area contributed by atoms with Crippen LogP contribution in [0.2, 0.25) is 0 Å². The van der Waals surface area contributed by atoms with Gasteiger partial charge in [-0.2, -0.15) is 0 Å².